The van der Waals surface area contributed by atoms with E-state index in [4.69, 9.17) is 0 Å². The molecule has 0 bridgehead atoms. The van der Waals surface area contributed by atoms with Gasteiger partial charge in [-0.2, -0.15) is 13.2 Å². The van der Waals surface area contributed by atoms with E-state index in [0.717, 1.165) is 12.3 Å². The highest BCUT2D eigenvalue weighted by atomic mass is 19.4. The van der Waals surface area contributed by atoms with Gasteiger partial charge in [0, 0.05) is 36.8 Å². The van der Waals surface area contributed by atoms with Crippen molar-refractivity contribution < 1.29 is 18.0 Å². The van der Waals surface area contributed by atoms with Gasteiger partial charge in [0.05, 0.1) is 5.56 Å². The number of aryl methyl sites for hydroxylation is 1. The van der Waals surface area contributed by atoms with Crippen LogP contribution in [0.25, 0.3) is 11.0 Å². The lowest BCUT2D eigenvalue weighted by atomic mass is 10.1. The molecule has 0 saturated carbocycles. The molecule has 3 nitrogen and oxygen atoms in total. The zero-order valence-corrected chi connectivity index (χ0v) is 9.88. The Balaban J connectivity index is 2.70. The van der Waals surface area contributed by atoms with Crippen molar-refractivity contribution in [3.8, 4) is 0 Å². The van der Waals surface area contributed by atoms with Crippen LogP contribution in [0.4, 0.5) is 13.2 Å². The monoisotopic (exact) mass is 256 g/mol. The SMILES string of the molecule is CCC(=O)c1cn(C)c2ncc(C(F)(F)F)cc12. The van der Waals surface area contributed by atoms with Crippen LogP contribution >= 0.6 is 0 Å². The summed E-state index contributed by atoms with van der Waals surface area (Å²) in [4.78, 5) is 15.5. The van der Waals surface area contributed by atoms with Gasteiger partial charge in [-0.25, -0.2) is 4.98 Å². The van der Waals surface area contributed by atoms with Gasteiger partial charge in [0.25, 0.3) is 0 Å². The summed E-state index contributed by atoms with van der Waals surface area (Å²) in [6.07, 6.45) is -1.91. The number of alkyl halides is 3. The number of ketones is 1. The molecule has 0 N–H and O–H groups in total. The van der Waals surface area contributed by atoms with E-state index in [-0.39, 0.29) is 23.2 Å². The molecule has 0 saturated heterocycles. The third-order valence-electron chi connectivity index (χ3n) is 2.76. The molecular formula is C12H11F3N2O. The highest BCUT2D eigenvalue weighted by Gasteiger charge is 2.31. The average Bonchev–Trinajstić information content (AvgIpc) is 2.64. The molecule has 2 heterocycles. The van der Waals surface area contributed by atoms with Crippen LogP contribution in [-0.4, -0.2) is 15.3 Å². The number of hydrogen-bond acceptors (Lipinski definition) is 2. The maximum absolute atomic E-state index is 12.6. The largest absolute Gasteiger partial charge is 0.417 e. The molecule has 96 valence electrons. The first-order valence-corrected chi connectivity index (χ1v) is 5.40. The van der Waals surface area contributed by atoms with Crippen LogP contribution in [0.5, 0.6) is 0 Å². The van der Waals surface area contributed by atoms with Crippen molar-refractivity contribution in [1.29, 1.82) is 0 Å². The lowest BCUT2D eigenvalue weighted by Gasteiger charge is -2.06. The fourth-order valence-corrected chi connectivity index (χ4v) is 1.83. The van der Waals surface area contributed by atoms with Crippen molar-refractivity contribution in [1.82, 2.24) is 9.55 Å². The number of halogens is 3. The highest BCUT2D eigenvalue weighted by Crippen LogP contribution is 2.31. The van der Waals surface area contributed by atoms with E-state index in [1.165, 1.54) is 6.20 Å². The summed E-state index contributed by atoms with van der Waals surface area (Å²) >= 11 is 0. The fraction of sp³-hybridized carbons (Fsp3) is 0.333. The topological polar surface area (TPSA) is 34.9 Å². The summed E-state index contributed by atoms with van der Waals surface area (Å²) in [5.41, 5.74) is -0.181. The van der Waals surface area contributed by atoms with E-state index >= 15 is 0 Å². The van der Waals surface area contributed by atoms with Gasteiger partial charge in [-0.15, -0.1) is 0 Å². The van der Waals surface area contributed by atoms with Crippen molar-refractivity contribution in [2.45, 2.75) is 19.5 Å². The Hall–Kier alpha value is -1.85. The molecule has 0 unspecified atom stereocenters. The normalized spacial score (nSPS) is 12.1. The molecule has 6 heteroatoms. The summed E-state index contributed by atoms with van der Waals surface area (Å²) in [7, 11) is 1.65. The number of Topliss-reactive ketones (excluding diaryl/α,β-unsaturated/α-hetero) is 1. The third-order valence-corrected chi connectivity index (χ3v) is 2.76. The number of nitrogens with zero attached hydrogens (tertiary/aromatic N) is 2. The zero-order chi connectivity index (χ0) is 13.5. The molecule has 0 amide bonds. The molecule has 0 aliphatic rings. The Kier molecular flexibility index (Phi) is 2.88. The summed E-state index contributed by atoms with van der Waals surface area (Å²) in [6, 6.07) is 0.977. The second-order valence-electron chi connectivity index (χ2n) is 4.02. The smallest absolute Gasteiger partial charge is 0.335 e. The standard InChI is InChI=1S/C12H11F3N2O/c1-3-10(18)9-6-17(2)11-8(9)4-7(5-16-11)12(13,14)15/h4-6H,3H2,1-2H3. The molecule has 2 rings (SSSR count). The van der Waals surface area contributed by atoms with Crippen LogP contribution < -0.4 is 0 Å². The van der Waals surface area contributed by atoms with Crippen molar-refractivity contribution >= 4 is 16.8 Å². The van der Waals surface area contributed by atoms with E-state index in [1.54, 1.807) is 18.5 Å². The van der Waals surface area contributed by atoms with E-state index in [1.807, 2.05) is 0 Å². The Labute approximate surface area is 101 Å². The Morgan fingerprint density at radius 1 is 1.44 bits per heavy atom. The number of rotatable bonds is 2. The molecule has 0 aromatic carbocycles. The Bertz CT molecular complexity index is 614. The van der Waals surface area contributed by atoms with E-state index < -0.39 is 11.7 Å². The van der Waals surface area contributed by atoms with Gasteiger partial charge in [0.1, 0.15) is 5.65 Å². The molecule has 0 fully saturated rings. The van der Waals surface area contributed by atoms with Gasteiger partial charge < -0.3 is 4.57 Å². The van der Waals surface area contributed by atoms with Gasteiger partial charge in [-0.05, 0) is 6.07 Å². The number of aromatic nitrogens is 2. The maximum atomic E-state index is 12.6. The second-order valence-corrected chi connectivity index (χ2v) is 4.02. The van der Waals surface area contributed by atoms with E-state index in [9.17, 15) is 18.0 Å². The number of carbonyl (C=O) groups excluding carboxylic acids is 1. The first kappa shape index (κ1) is 12.6. The average molecular weight is 256 g/mol. The maximum Gasteiger partial charge on any atom is 0.417 e. The molecule has 0 spiro atoms. The first-order chi connectivity index (χ1) is 8.34. The number of fused-ring (bicyclic) bond motifs is 1. The molecule has 18 heavy (non-hydrogen) atoms. The minimum atomic E-state index is -4.45. The number of carbonyl (C=O) groups is 1. The van der Waals surface area contributed by atoms with Gasteiger partial charge >= 0.3 is 6.18 Å². The number of hydrogen-bond donors (Lipinski definition) is 0. The van der Waals surface area contributed by atoms with Gasteiger partial charge in [0.15, 0.2) is 5.78 Å². The summed E-state index contributed by atoms with van der Waals surface area (Å²) in [6.45, 7) is 1.67. The van der Waals surface area contributed by atoms with Crippen LogP contribution in [0.15, 0.2) is 18.5 Å². The molecule has 0 aliphatic carbocycles. The van der Waals surface area contributed by atoms with Crippen LogP contribution in [0.3, 0.4) is 0 Å². The van der Waals surface area contributed by atoms with Crippen LogP contribution in [-0.2, 0) is 13.2 Å². The van der Waals surface area contributed by atoms with Crippen molar-refractivity contribution in [3.05, 3.63) is 29.6 Å². The Morgan fingerprint density at radius 2 is 2.11 bits per heavy atom. The highest BCUT2D eigenvalue weighted by molar-refractivity contribution is 6.07. The fourth-order valence-electron chi connectivity index (χ4n) is 1.83. The molecule has 0 radical (unpaired) electrons. The van der Waals surface area contributed by atoms with Crippen LogP contribution in [0.1, 0.15) is 29.3 Å². The minimum absolute atomic E-state index is 0.193. The van der Waals surface area contributed by atoms with Crippen molar-refractivity contribution in [2.24, 2.45) is 7.05 Å². The molecule has 0 aliphatic heterocycles. The van der Waals surface area contributed by atoms with Gasteiger partial charge in [0.2, 0.25) is 0 Å². The Morgan fingerprint density at radius 3 is 2.67 bits per heavy atom. The van der Waals surface area contributed by atoms with E-state index in [2.05, 4.69) is 4.98 Å². The molecular weight excluding hydrogens is 245 g/mol. The van der Waals surface area contributed by atoms with Gasteiger partial charge in [-0.1, -0.05) is 6.92 Å². The molecule has 0 atom stereocenters. The number of pyridine rings is 1. The predicted octanol–water partition coefficient (Wildman–Crippen LogP) is 3.18. The van der Waals surface area contributed by atoms with Gasteiger partial charge in [-0.3, -0.25) is 4.79 Å². The summed E-state index contributed by atoms with van der Waals surface area (Å²) < 4.78 is 39.4. The lowest BCUT2D eigenvalue weighted by Crippen LogP contribution is -2.06. The van der Waals surface area contributed by atoms with Crippen LogP contribution in [0, 0.1) is 0 Å². The zero-order valence-electron chi connectivity index (χ0n) is 9.88. The summed E-state index contributed by atoms with van der Waals surface area (Å²) in [5.74, 6) is -0.193. The first-order valence-electron chi connectivity index (χ1n) is 5.40. The molecule has 2 aromatic rings. The predicted molar refractivity (Wildman–Crippen MR) is 60.3 cm³/mol. The quantitative estimate of drug-likeness (QED) is 0.773. The third kappa shape index (κ3) is 1.98. The van der Waals surface area contributed by atoms with Crippen LogP contribution in [0.2, 0.25) is 0 Å². The minimum Gasteiger partial charge on any atom is -0.335 e. The molecule has 2 aromatic heterocycles. The lowest BCUT2D eigenvalue weighted by molar-refractivity contribution is -0.137. The van der Waals surface area contributed by atoms with Crippen molar-refractivity contribution in [2.75, 3.05) is 0 Å². The van der Waals surface area contributed by atoms with E-state index in [0.29, 0.717) is 5.65 Å². The second kappa shape index (κ2) is 4.12. The summed E-state index contributed by atoms with van der Waals surface area (Å²) in [5, 5.41) is 0.249. The van der Waals surface area contributed by atoms with Crippen molar-refractivity contribution in [3.63, 3.8) is 0 Å².